The number of imidazole rings is 1. The topological polar surface area (TPSA) is 34.9 Å². The van der Waals surface area contributed by atoms with E-state index in [1.54, 1.807) is 0 Å². The molecule has 1 heterocycles. The fraction of sp³-hybridized carbons (Fsp3) is 0.231. The Hall–Kier alpha value is -3.20. The molecule has 0 aliphatic carbocycles. The Bertz CT molecular complexity index is 1160. The molecule has 0 bridgehead atoms. The predicted octanol–water partition coefficient (Wildman–Crippen LogP) is 6.19. The van der Waals surface area contributed by atoms with Crippen molar-refractivity contribution in [2.75, 3.05) is 0 Å². The number of rotatable bonds is 4. The molecule has 0 unspecified atom stereocenters. The van der Waals surface area contributed by atoms with Crippen LogP contribution in [0, 0.1) is 6.92 Å². The minimum absolute atomic E-state index is 0.0840. The third-order valence-corrected chi connectivity index (χ3v) is 5.34. The number of carbonyl (C=O) groups excluding carboxylic acids is 1. The van der Waals surface area contributed by atoms with E-state index in [0.717, 1.165) is 33.5 Å². The Morgan fingerprint density at radius 3 is 2.21 bits per heavy atom. The van der Waals surface area contributed by atoms with Gasteiger partial charge in [0.25, 0.3) is 0 Å². The van der Waals surface area contributed by atoms with Gasteiger partial charge in [-0.15, -0.1) is 0 Å². The molecule has 146 valence electrons. The van der Waals surface area contributed by atoms with Crippen molar-refractivity contribution in [2.24, 2.45) is 0 Å². The van der Waals surface area contributed by atoms with E-state index in [1.807, 2.05) is 60.0 Å². The van der Waals surface area contributed by atoms with Gasteiger partial charge in [0.15, 0.2) is 5.78 Å². The highest BCUT2D eigenvalue weighted by atomic mass is 16.1. The monoisotopic (exact) mass is 382 g/mol. The smallest absolute Gasteiger partial charge is 0.182 e. The fourth-order valence-corrected chi connectivity index (χ4v) is 3.55. The van der Waals surface area contributed by atoms with Gasteiger partial charge in [-0.25, -0.2) is 4.98 Å². The van der Waals surface area contributed by atoms with Crippen molar-refractivity contribution < 1.29 is 4.79 Å². The summed E-state index contributed by atoms with van der Waals surface area (Å²) in [4.78, 5) is 17.8. The molecule has 0 N–H and O–H groups in total. The van der Waals surface area contributed by atoms with Crippen LogP contribution < -0.4 is 0 Å². The molecule has 1 aromatic heterocycles. The molecule has 4 rings (SSSR count). The molecule has 0 spiro atoms. The lowest BCUT2D eigenvalue weighted by atomic mass is 9.87. The number of carbonyl (C=O) groups is 1. The van der Waals surface area contributed by atoms with Crippen LogP contribution in [-0.4, -0.2) is 15.3 Å². The van der Waals surface area contributed by atoms with Crippen molar-refractivity contribution in [3.8, 4) is 11.4 Å². The van der Waals surface area contributed by atoms with Crippen LogP contribution in [0.2, 0.25) is 0 Å². The molecule has 4 aromatic rings. The lowest BCUT2D eigenvalue weighted by Gasteiger charge is -2.19. The first-order valence-corrected chi connectivity index (χ1v) is 9.99. The molecular weight excluding hydrogens is 356 g/mol. The van der Waals surface area contributed by atoms with Crippen molar-refractivity contribution in [3.05, 3.63) is 89.5 Å². The van der Waals surface area contributed by atoms with Crippen LogP contribution in [0.5, 0.6) is 0 Å². The number of para-hydroxylation sites is 2. The maximum absolute atomic E-state index is 13.0. The van der Waals surface area contributed by atoms with Gasteiger partial charge in [-0.2, -0.15) is 0 Å². The average Bonchev–Trinajstić information content (AvgIpc) is 3.06. The van der Waals surface area contributed by atoms with E-state index < -0.39 is 0 Å². The maximum Gasteiger partial charge on any atom is 0.182 e. The van der Waals surface area contributed by atoms with Crippen LogP contribution in [0.3, 0.4) is 0 Å². The standard InChI is InChI=1S/C26H26N2O/c1-18-9-11-19(12-10-18)24(29)17-28-23-8-6-5-7-22(23)27-25(28)20-13-15-21(16-14-20)26(2,3)4/h5-16H,17H2,1-4H3. The zero-order chi connectivity index (χ0) is 20.6. The van der Waals surface area contributed by atoms with Crippen LogP contribution in [0.15, 0.2) is 72.8 Å². The van der Waals surface area contributed by atoms with Gasteiger partial charge >= 0.3 is 0 Å². The molecule has 0 saturated carbocycles. The maximum atomic E-state index is 13.0. The Kier molecular flexibility index (Phi) is 4.83. The molecule has 0 atom stereocenters. The van der Waals surface area contributed by atoms with Crippen molar-refractivity contribution in [1.29, 1.82) is 0 Å². The first kappa shape index (κ1) is 19.1. The minimum atomic E-state index is 0.0840. The summed E-state index contributed by atoms with van der Waals surface area (Å²) in [5.41, 5.74) is 6.14. The summed E-state index contributed by atoms with van der Waals surface area (Å²) in [7, 11) is 0. The van der Waals surface area contributed by atoms with E-state index in [1.165, 1.54) is 5.56 Å². The highest BCUT2D eigenvalue weighted by Gasteiger charge is 2.18. The summed E-state index contributed by atoms with van der Waals surface area (Å²) in [5, 5.41) is 0. The molecule has 3 aromatic carbocycles. The van der Waals surface area contributed by atoms with Crippen LogP contribution in [-0.2, 0) is 12.0 Å². The number of benzene rings is 3. The summed E-state index contributed by atoms with van der Waals surface area (Å²) < 4.78 is 2.03. The second-order valence-electron chi connectivity index (χ2n) is 8.63. The number of fused-ring (bicyclic) bond motifs is 1. The zero-order valence-corrected chi connectivity index (χ0v) is 17.4. The number of aromatic nitrogens is 2. The summed E-state index contributed by atoms with van der Waals surface area (Å²) in [5.74, 6) is 0.910. The van der Waals surface area contributed by atoms with Gasteiger partial charge in [-0.1, -0.05) is 87.0 Å². The van der Waals surface area contributed by atoms with Gasteiger partial charge in [-0.3, -0.25) is 4.79 Å². The number of hydrogen-bond donors (Lipinski definition) is 0. The van der Waals surface area contributed by atoms with Crippen LogP contribution in [0.4, 0.5) is 0 Å². The molecule has 0 amide bonds. The van der Waals surface area contributed by atoms with Crippen molar-refractivity contribution in [1.82, 2.24) is 9.55 Å². The summed E-state index contributed by atoms with van der Waals surface area (Å²) in [6.45, 7) is 8.91. The molecule has 0 aliphatic rings. The van der Waals surface area contributed by atoms with Crippen LogP contribution >= 0.6 is 0 Å². The van der Waals surface area contributed by atoms with Crippen LogP contribution in [0.25, 0.3) is 22.4 Å². The quantitative estimate of drug-likeness (QED) is 0.394. The van der Waals surface area contributed by atoms with Crippen LogP contribution in [0.1, 0.15) is 42.3 Å². The van der Waals surface area contributed by atoms with Gasteiger partial charge in [-0.05, 0) is 30.0 Å². The molecule has 0 aliphatic heterocycles. The average molecular weight is 383 g/mol. The molecular formula is C26H26N2O. The summed E-state index contributed by atoms with van der Waals surface area (Å²) in [6.07, 6.45) is 0. The third-order valence-electron chi connectivity index (χ3n) is 5.34. The summed E-state index contributed by atoms with van der Waals surface area (Å²) in [6, 6.07) is 24.3. The normalized spacial score (nSPS) is 11.7. The Labute approximate surface area is 172 Å². The van der Waals surface area contributed by atoms with E-state index in [0.29, 0.717) is 0 Å². The van der Waals surface area contributed by atoms with Gasteiger partial charge in [0.2, 0.25) is 0 Å². The van der Waals surface area contributed by atoms with E-state index in [9.17, 15) is 4.79 Å². The lowest BCUT2D eigenvalue weighted by molar-refractivity contribution is 0.0974. The van der Waals surface area contributed by atoms with E-state index in [-0.39, 0.29) is 17.7 Å². The molecule has 0 radical (unpaired) electrons. The molecule has 29 heavy (non-hydrogen) atoms. The number of aryl methyl sites for hydroxylation is 1. The largest absolute Gasteiger partial charge is 0.316 e. The number of ketones is 1. The van der Waals surface area contributed by atoms with E-state index >= 15 is 0 Å². The Morgan fingerprint density at radius 1 is 0.897 bits per heavy atom. The molecule has 0 fully saturated rings. The molecule has 3 nitrogen and oxygen atoms in total. The first-order chi connectivity index (χ1) is 13.8. The lowest BCUT2D eigenvalue weighted by Crippen LogP contribution is -2.12. The fourth-order valence-electron chi connectivity index (χ4n) is 3.55. The second kappa shape index (κ2) is 7.32. The van der Waals surface area contributed by atoms with E-state index in [4.69, 9.17) is 4.98 Å². The van der Waals surface area contributed by atoms with Gasteiger partial charge in [0, 0.05) is 11.1 Å². The van der Waals surface area contributed by atoms with Crippen molar-refractivity contribution >= 4 is 16.8 Å². The number of Topliss-reactive ketones (excluding diaryl/α,β-unsaturated/α-hetero) is 1. The molecule has 0 saturated heterocycles. The zero-order valence-electron chi connectivity index (χ0n) is 17.4. The van der Waals surface area contributed by atoms with Crippen molar-refractivity contribution in [3.63, 3.8) is 0 Å². The second-order valence-corrected chi connectivity index (χ2v) is 8.63. The highest BCUT2D eigenvalue weighted by molar-refractivity contribution is 5.97. The SMILES string of the molecule is Cc1ccc(C(=O)Cn2c(-c3ccc(C(C)(C)C)cc3)nc3ccccc32)cc1. The molecule has 3 heteroatoms. The highest BCUT2D eigenvalue weighted by Crippen LogP contribution is 2.28. The first-order valence-electron chi connectivity index (χ1n) is 9.99. The van der Waals surface area contributed by atoms with Gasteiger partial charge in [0.1, 0.15) is 5.82 Å². The minimum Gasteiger partial charge on any atom is -0.316 e. The Morgan fingerprint density at radius 2 is 1.55 bits per heavy atom. The third kappa shape index (κ3) is 3.86. The number of nitrogens with zero attached hydrogens (tertiary/aromatic N) is 2. The number of hydrogen-bond acceptors (Lipinski definition) is 2. The van der Waals surface area contributed by atoms with Gasteiger partial charge in [0.05, 0.1) is 17.6 Å². The van der Waals surface area contributed by atoms with Crippen molar-refractivity contribution in [2.45, 2.75) is 39.7 Å². The van der Waals surface area contributed by atoms with E-state index in [2.05, 4.69) is 45.0 Å². The Balaban J connectivity index is 1.77. The predicted molar refractivity (Wildman–Crippen MR) is 119 cm³/mol. The van der Waals surface area contributed by atoms with Gasteiger partial charge < -0.3 is 4.57 Å². The summed E-state index contributed by atoms with van der Waals surface area (Å²) >= 11 is 0.